The summed E-state index contributed by atoms with van der Waals surface area (Å²) in [5.74, 6) is 0.270. The minimum Gasteiger partial charge on any atom is -0.365 e. The number of hydrogen-bond acceptors (Lipinski definition) is 4. The fourth-order valence-corrected chi connectivity index (χ4v) is 4.90. The van der Waals surface area contributed by atoms with Crippen molar-refractivity contribution < 1.29 is 13.2 Å². The topological polar surface area (TPSA) is 57.7 Å². The maximum Gasteiger partial charge on any atom is 0.242 e. The predicted octanol–water partition coefficient (Wildman–Crippen LogP) is 1.78. The highest BCUT2D eigenvalue weighted by Gasteiger charge is 2.34. The second kappa shape index (κ2) is 6.91. The first-order valence-electron chi connectivity index (χ1n) is 8.02. The Labute approximate surface area is 139 Å². The maximum atomic E-state index is 12.6. The smallest absolute Gasteiger partial charge is 0.242 e. The Morgan fingerprint density at radius 2 is 2.00 bits per heavy atom. The molecule has 1 saturated heterocycles. The van der Waals surface area contributed by atoms with E-state index in [0.29, 0.717) is 13.0 Å². The van der Waals surface area contributed by atoms with E-state index in [-0.39, 0.29) is 30.0 Å². The van der Waals surface area contributed by atoms with Gasteiger partial charge in [0, 0.05) is 25.3 Å². The van der Waals surface area contributed by atoms with E-state index in [4.69, 9.17) is 0 Å². The van der Waals surface area contributed by atoms with Gasteiger partial charge in [0.05, 0.1) is 18.1 Å². The monoisotopic (exact) mass is 338 g/mol. The van der Waals surface area contributed by atoms with Crippen LogP contribution in [0.3, 0.4) is 0 Å². The molecule has 1 aromatic carbocycles. The van der Waals surface area contributed by atoms with Crippen LogP contribution in [0.15, 0.2) is 18.2 Å². The predicted molar refractivity (Wildman–Crippen MR) is 93.6 cm³/mol. The molecule has 0 aliphatic carbocycles. The Balaban J connectivity index is 2.09. The number of sulfone groups is 1. The highest BCUT2D eigenvalue weighted by Crippen LogP contribution is 2.22. The number of amides is 1. The zero-order valence-electron chi connectivity index (χ0n) is 14.4. The number of anilines is 1. The summed E-state index contributed by atoms with van der Waals surface area (Å²) < 4.78 is 23.3. The minimum absolute atomic E-state index is 0.0157. The van der Waals surface area contributed by atoms with Crippen LogP contribution in [0, 0.1) is 13.8 Å². The molecule has 1 heterocycles. The summed E-state index contributed by atoms with van der Waals surface area (Å²) in [4.78, 5) is 16.3. The van der Waals surface area contributed by atoms with Gasteiger partial charge in [0.2, 0.25) is 5.91 Å². The van der Waals surface area contributed by atoms with Crippen molar-refractivity contribution in [3.05, 3.63) is 29.3 Å². The van der Waals surface area contributed by atoms with Crippen LogP contribution in [0.25, 0.3) is 0 Å². The lowest BCUT2D eigenvalue weighted by atomic mass is 10.1. The zero-order valence-corrected chi connectivity index (χ0v) is 15.2. The molecule has 23 heavy (non-hydrogen) atoms. The fraction of sp³-hybridized carbons (Fsp3) is 0.588. The largest absolute Gasteiger partial charge is 0.365 e. The number of hydrogen-bond donors (Lipinski definition) is 0. The molecule has 0 spiro atoms. The average molecular weight is 338 g/mol. The first-order chi connectivity index (χ1) is 10.7. The van der Waals surface area contributed by atoms with Crippen LogP contribution in [0.1, 0.15) is 24.5 Å². The highest BCUT2D eigenvalue weighted by atomic mass is 32.2. The van der Waals surface area contributed by atoms with E-state index in [1.807, 2.05) is 38.8 Å². The second-order valence-electron chi connectivity index (χ2n) is 6.38. The van der Waals surface area contributed by atoms with Crippen molar-refractivity contribution in [2.24, 2.45) is 0 Å². The van der Waals surface area contributed by atoms with Gasteiger partial charge >= 0.3 is 0 Å². The van der Waals surface area contributed by atoms with E-state index in [0.717, 1.165) is 16.8 Å². The fourth-order valence-electron chi connectivity index (χ4n) is 3.17. The van der Waals surface area contributed by atoms with Crippen LogP contribution in [0.4, 0.5) is 5.69 Å². The van der Waals surface area contributed by atoms with Crippen LogP contribution in [-0.2, 0) is 14.6 Å². The van der Waals surface area contributed by atoms with Crippen molar-refractivity contribution in [3.63, 3.8) is 0 Å². The molecule has 1 atom stereocenters. The molecule has 1 aliphatic rings. The van der Waals surface area contributed by atoms with E-state index >= 15 is 0 Å². The van der Waals surface area contributed by atoms with Gasteiger partial charge in [-0.3, -0.25) is 4.79 Å². The third-order valence-electron chi connectivity index (χ3n) is 4.46. The van der Waals surface area contributed by atoms with Crippen LogP contribution < -0.4 is 4.90 Å². The molecule has 5 nitrogen and oxygen atoms in total. The van der Waals surface area contributed by atoms with Crippen molar-refractivity contribution in [1.29, 1.82) is 0 Å². The Morgan fingerprint density at radius 1 is 1.30 bits per heavy atom. The number of rotatable bonds is 5. The number of carbonyl (C=O) groups excluding carboxylic acids is 1. The van der Waals surface area contributed by atoms with Crippen LogP contribution >= 0.6 is 0 Å². The molecule has 1 unspecified atom stereocenters. The Morgan fingerprint density at radius 3 is 2.57 bits per heavy atom. The summed E-state index contributed by atoms with van der Waals surface area (Å²) in [7, 11) is -1.08. The lowest BCUT2D eigenvalue weighted by Gasteiger charge is -2.30. The number of likely N-dealkylation sites (N-methyl/N-ethyl adjacent to an activating group) is 2. The molecular formula is C17H26N2O3S. The van der Waals surface area contributed by atoms with Gasteiger partial charge < -0.3 is 9.80 Å². The van der Waals surface area contributed by atoms with Gasteiger partial charge in [-0.05, 0) is 44.4 Å². The van der Waals surface area contributed by atoms with Gasteiger partial charge in [-0.25, -0.2) is 8.42 Å². The Hall–Kier alpha value is -1.56. The third-order valence-corrected chi connectivity index (χ3v) is 6.21. The van der Waals surface area contributed by atoms with E-state index in [9.17, 15) is 13.2 Å². The SMILES string of the molecule is CCN(C(=O)CN(C)c1cc(C)ccc1C)C1CCS(=O)(=O)C1. The summed E-state index contributed by atoms with van der Waals surface area (Å²) in [6.45, 7) is 6.76. The van der Waals surface area contributed by atoms with Crippen LogP contribution in [0.5, 0.6) is 0 Å². The molecule has 1 amide bonds. The lowest BCUT2D eigenvalue weighted by Crippen LogP contribution is -2.45. The summed E-state index contributed by atoms with van der Waals surface area (Å²) in [5, 5.41) is 0. The average Bonchev–Trinajstić information content (AvgIpc) is 2.82. The van der Waals surface area contributed by atoms with Gasteiger partial charge in [0.15, 0.2) is 9.84 Å². The standard InChI is InChI=1S/C17H26N2O3S/c1-5-19(15-8-9-23(21,22)12-15)17(20)11-18(4)16-10-13(2)6-7-14(16)3/h6-7,10,15H,5,8-9,11-12H2,1-4H3. The molecule has 0 aromatic heterocycles. The van der Waals surface area contributed by atoms with Crippen molar-refractivity contribution in [2.75, 3.05) is 36.5 Å². The van der Waals surface area contributed by atoms with Crippen molar-refractivity contribution in [3.8, 4) is 0 Å². The molecule has 6 heteroatoms. The number of carbonyl (C=O) groups is 1. The zero-order chi connectivity index (χ0) is 17.2. The molecule has 1 aromatic rings. The quantitative estimate of drug-likeness (QED) is 0.821. The van der Waals surface area contributed by atoms with Gasteiger partial charge in [0.25, 0.3) is 0 Å². The Kier molecular flexibility index (Phi) is 5.34. The molecular weight excluding hydrogens is 312 g/mol. The van der Waals surface area contributed by atoms with Crippen molar-refractivity contribution >= 4 is 21.4 Å². The number of nitrogens with zero attached hydrogens (tertiary/aromatic N) is 2. The molecule has 1 aliphatic heterocycles. The lowest BCUT2D eigenvalue weighted by molar-refractivity contribution is -0.131. The molecule has 128 valence electrons. The summed E-state index contributed by atoms with van der Waals surface area (Å²) in [6, 6.07) is 5.99. The number of benzene rings is 1. The van der Waals surface area contributed by atoms with E-state index in [1.54, 1.807) is 4.90 Å². The second-order valence-corrected chi connectivity index (χ2v) is 8.61. The molecule has 1 fully saturated rings. The molecule has 0 saturated carbocycles. The maximum absolute atomic E-state index is 12.6. The van der Waals surface area contributed by atoms with Gasteiger partial charge in [0.1, 0.15) is 0 Å². The van der Waals surface area contributed by atoms with Crippen LogP contribution in [0.2, 0.25) is 0 Å². The summed E-state index contributed by atoms with van der Waals surface area (Å²) in [5.41, 5.74) is 3.31. The first kappa shape index (κ1) is 17.8. The van der Waals surface area contributed by atoms with E-state index in [2.05, 4.69) is 12.1 Å². The molecule has 0 radical (unpaired) electrons. The van der Waals surface area contributed by atoms with Gasteiger partial charge in [-0.15, -0.1) is 0 Å². The first-order valence-corrected chi connectivity index (χ1v) is 9.84. The Bertz CT molecular complexity index is 685. The highest BCUT2D eigenvalue weighted by molar-refractivity contribution is 7.91. The van der Waals surface area contributed by atoms with Crippen LogP contribution in [-0.4, -0.2) is 56.9 Å². The molecule has 0 N–H and O–H groups in total. The summed E-state index contributed by atoms with van der Waals surface area (Å²) >= 11 is 0. The van der Waals surface area contributed by atoms with Crippen molar-refractivity contribution in [1.82, 2.24) is 4.90 Å². The van der Waals surface area contributed by atoms with Gasteiger partial charge in [-0.2, -0.15) is 0 Å². The minimum atomic E-state index is -2.98. The van der Waals surface area contributed by atoms with Gasteiger partial charge in [-0.1, -0.05) is 12.1 Å². The summed E-state index contributed by atoms with van der Waals surface area (Å²) in [6.07, 6.45) is 0.551. The third kappa shape index (κ3) is 4.25. The van der Waals surface area contributed by atoms with E-state index < -0.39 is 9.84 Å². The molecule has 2 rings (SSSR count). The van der Waals surface area contributed by atoms with E-state index in [1.165, 1.54) is 0 Å². The normalized spacial score (nSPS) is 19.6. The van der Waals surface area contributed by atoms with Crippen molar-refractivity contribution in [2.45, 2.75) is 33.2 Å². The number of aryl methyl sites for hydroxylation is 2. The molecule has 0 bridgehead atoms.